The van der Waals surface area contributed by atoms with Gasteiger partial charge in [-0.2, -0.15) is 0 Å². The van der Waals surface area contributed by atoms with Crippen molar-refractivity contribution in [1.29, 1.82) is 0 Å². The molecular weight excluding hydrogens is 326 g/mol. The van der Waals surface area contributed by atoms with Crippen LogP contribution in [-0.4, -0.2) is 15.9 Å². The summed E-state index contributed by atoms with van der Waals surface area (Å²) in [4.78, 5) is 20.2. The Balaban J connectivity index is 1.67. The zero-order valence-electron chi connectivity index (χ0n) is 13.0. The summed E-state index contributed by atoms with van der Waals surface area (Å²) in [6.07, 6.45) is 6.38. The Morgan fingerprint density at radius 2 is 1.72 bits per heavy atom. The zero-order valence-corrected chi connectivity index (χ0v) is 13.0. The van der Waals surface area contributed by atoms with Crippen LogP contribution in [0.4, 0.5) is 20.2 Å². The van der Waals surface area contributed by atoms with Crippen LogP contribution in [0, 0.1) is 11.6 Å². The number of amides is 1. The van der Waals surface area contributed by atoms with Crippen molar-refractivity contribution in [2.24, 2.45) is 0 Å². The predicted octanol–water partition coefficient (Wildman–Crippen LogP) is 3.62. The van der Waals surface area contributed by atoms with Crippen molar-refractivity contribution in [3.8, 4) is 0 Å². The van der Waals surface area contributed by atoms with E-state index in [0.717, 1.165) is 17.7 Å². The lowest BCUT2D eigenvalue weighted by Crippen LogP contribution is -2.13. The number of pyridine rings is 2. The van der Waals surface area contributed by atoms with Crippen molar-refractivity contribution in [3.05, 3.63) is 83.9 Å². The molecule has 0 spiro atoms. The number of carbonyl (C=O) groups excluding carboxylic acids is 1. The first kappa shape index (κ1) is 16.5. The maximum Gasteiger partial charge on any atom is 0.257 e. The van der Waals surface area contributed by atoms with Crippen LogP contribution in [0.5, 0.6) is 0 Å². The van der Waals surface area contributed by atoms with Gasteiger partial charge in [0.25, 0.3) is 5.91 Å². The molecule has 25 heavy (non-hydrogen) atoms. The molecule has 0 fully saturated rings. The van der Waals surface area contributed by atoms with E-state index >= 15 is 0 Å². The number of hydrogen-bond acceptors (Lipinski definition) is 4. The minimum Gasteiger partial charge on any atom is -0.380 e. The van der Waals surface area contributed by atoms with Crippen molar-refractivity contribution < 1.29 is 13.6 Å². The smallest absolute Gasteiger partial charge is 0.257 e. The summed E-state index contributed by atoms with van der Waals surface area (Å²) in [5, 5.41) is 5.66. The molecule has 0 aliphatic heterocycles. The van der Waals surface area contributed by atoms with E-state index in [1.165, 1.54) is 12.3 Å². The molecule has 0 unspecified atom stereocenters. The van der Waals surface area contributed by atoms with E-state index in [0.29, 0.717) is 17.8 Å². The fraction of sp³-hybridized carbons (Fsp3) is 0.0556. The highest BCUT2D eigenvalue weighted by molar-refractivity contribution is 6.04. The highest BCUT2D eigenvalue weighted by Gasteiger charge is 2.09. The van der Waals surface area contributed by atoms with Gasteiger partial charge < -0.3 is 10.6 Å². The Hall–Kier alpha value is -3.35. The fourth-order valence-corrected chi connectivity index (χ4v) is 2.14. The highest BCUT2D eigenvalue weighted by Crippen LogP contribution is 2.16. The number of aromatic nitrogens is 2. The first-order chi connectivity index (χ1) is 12.1. The van der Waals surface area contributed by atoms with Crippen LogP contribution in [-0.2, 0) is 6.54 Å². The van der Waals surface area contributed by atoms with Gasteiger partial charge in [0.1, 0.15) is 0 Å². The summed E-state index contributed by atoms with van der Waals surface area (Å²) in [6, 6.07) is 8.54. The van der Waals surface area contributed by atoms with E-state index in [1.54, 1.807) is 24.7 Å². The Bertz CT molecular complexity index is 887. The molecule has 2 heterocycles. The van der Waals surface area contributed by atoms with E-state index in [1.807, 2.05) is 12.1 Å². The Morgan fingerprint density at radius 3 is 2.48 bits per heavy atom. The van der Waals surface area contributed by atoms with Gasteiger partial charge in [0.2, 0.25) is 0 Å². The largest absolute Gasteiger partial charge is 0.380 e. The zero-order chi connectivity index (χ0) is 17.6. The molecule has 1 aromatic carbocycles. The molecule has 0 bridgehead atoms. The first-order valence-electron chi connectivity index (χ1n) is 7.46. The monoisotopic (exact) mass is 340 g/mol. The Morgan fingerprint density at radius 1 is 0.920 bits per heavy atom. The number of benzene rings is 1. The number of hydrogen-bond donors (Lipinski definition) is 2. The van der Waals surface area contributed by atoms with Gasteiger partial charge in [-0.15, -0.1) is 0 Å². The van der Waals surface area contributed by atoms with Crippen molar-refractivity contribution >= 4 is 17.3 Å². The topological polar surface area (TPSA) is 66.9 Å². The number of nitrogens with one attached hydrogen (secondary N) is 2. The molecule has 7 heteroatoms. The number of carbonyl (C=O) groups is 1. The minimum atomic E-state index is -1.02. The van der Waals surface area contributed by atoms with Crippen LogP contribution in [0.15, 0.2) is 61.2 Å². The van der Waals surface area contributed by atoms with Gasteiger partial charge in [-0.05, 0) is 35.9 Å². The molecule has 2 aromatic heterocycles. The molecule has 0 aliphatic carbocycles. The van der Waals surface area contributed by atoms with Crippen LogP contribution < -0.4 is 10.6 Å². The standard InChI is InChI=1S/C18H14F2N4O/c19-16-2-1-14(8-17(16)20)24-18(25)13-7-15(11-22-10-13)23-9-12-3-5-21-6-4-12/h1-8,10-11,23H,9H2,(H,24,25). The third-order valence-corrected chi connectivity index (χ3v) is 3.42. The normalized spacial score (nSPS) is 10.3. The average Bonchev–Trinajstić information content (AvgIpc) is 2.64. The fourth-order valence-electron chi connectivity index (χ4n) is 2.14. The quantitative estimate of drug-likeness (QED) is 0.744. The molecule has 0 atom stereocenters. The molecule has 0 saturated heterocycles. The SMILES string of the molecule is O=C(Nc1ccc(F)c(F)c1)c1cncc(NCc2ccncc2)c1. The molecule has 2 N–H and O–H groups in total. The number of anilines is 2. The van der Waals surface area contributed by atoms with Crippen LogP contribution in [0.1, 0.15) is 15.9 Å². The second kappa shape index (κ2) is 7.48. The molecule has 1 amide bonds. The summed E-state index contributed by atoms with van der Waals surface area (Å²) < 4.78 is 26.1. The van der Waals surface area contributed by atoms with E-state index in [9.17, 15) is 13.6 Å². The molecule has 0 radical (unpaired) electrons. The lowest BCUT2D eigenvalue weighted by Gasteiger charge is -2.09. The van der Waals surface area contributed by atoms with Crippen molar-refractivity contribution in [1.82, 2.24) is 9.97 Å². The van der Waals surface area contributed by atoms with Crippen molar-refractivity contribution in [2.45, 2.75) is 6.54 Å². The van der Waals surface area contributed by atoms with Gasteiger partial charge in [0.15, 0.2) is 11.6 Å². The third kappa shape index (κ3) is 4.35. The first-order valence-corrected chi connectivity index (χ1v) is 7.46. The molecule has 3 aromatic rings. The summed E-state index contributed by atoms with van der Waals surface area (Å²) in [5.74, 6) is -2.46. The maximum absolute atomic E-state index is 13.2. The van der Waals surface area contributed by atoms with Gasteiger partial charge in [0, 0.05) is 43.1 Å². The molecule has 0 aliphatic rings. The summed E-state index contributed by atoms with van der Waals surface area (Å²) in [5.41, 5.74) is 2.16. The van der Waals surface area contributed by atoms with Gasteiger partial charge >= 0.3 is 0 Å². The molecule has 0 saturated carbocycles. The predicted molar refractivity (Wildman–Crippen MR) is 90.1 cm³/mol. The van der Waals surface area contributed by atoms with Crippen LogP contribution in [0.25, 0.3) is 0 Å². The van der Waals surface area contributed by atoms with Crippen molar-refractivity contribution in [2.75, 3.05) is 10.6 Å². The Kier molecular flexibility index (Phi) is 4.94. The number of rotatable bonds is 5. The Labute approximate surface area is 142 Å². The van der Waals surface area contributed by atoms with Crippen LogP contribution >= 0.6 is 0 Å². The van der Waals surface area contributed by atoms with Gasteiger partial charge in [-0.3, -0.25) is 14.8 Å². The molecule has 126 valence electrons. The molecule has 3 rings (SSSR count). The highest BCUT2D eigenvalue weighted by atomic mass is 19.2. The third-order valence-electron chi connectivity index (χ3n) is 3.42. The van der Waals surface area contributed by atoms with Gasteiger partial charge in [0.05, 0.1) is 11.3 Å². The molecular formula is C18H14F2N4O. The van der Waals surface area contributed by atoms with E-state index < -0.39 is 17.5 Å². The second-order valence-corrected chi connectivity index (χ2v) is 5.25. The minimum absolute atomic E-state index is 0.166. The number of nitrogens with zero attached hydrogens (tertiary/aromatic N) is 2. The maximum atomic E-state index is 13.2. The van der Waals surface area contributed by atoms with Crippen molar-refractivity contribution in [3.63, 3.8) is 0 Å². The van der Waals surface area contributed by atoms with E-state index in [-0.39, 0.29) is 5.69 Å². The lowest BCUT2D eigenvalue weighted by atomic mass is 10.2. The van der Waals surface area contributed by atoms with Crippen LogP contribution in [0.3, 0.4) is 0 Å². The number of halogens is 2. The van der Waals surface area contributed by atoms with Crippen LogP contribution in [0.2, 0.25) is 0 Å². The van der Waals surface area contributed by atoms with E-state index in [2.05, 4.69) is 20.6 Å². The average molecular weight is 340 g/mol. The second-order valence-electron chi connectivity index (χ2n) is 5.25. The summed E-state index contributed by atoms with van der Waals surface area (Å²) >= 11 is 0. The summed E-state index contributed by atoms with van der Waals surface area (Å²) in [7, 11) is 0. The van der Waals surface area contributed by atoms with Gasteiger partial charge in [-0.25, -0.2) is 8.78 Å². The molecule has 5 nitrogen and oxygen atoms in total. The van der Waals surface area contributed by atoms with E-state index in [4.69, 9.17) is 0 Å². The summed E-state index contributed by atoms with van der Waals surface area (Å²) in [6.45, 7) is 0.554. The lowest BCUT2D eigenvalue weighted by molar-refractivity contribution is 0.102. The van der Waals surface area contributed by atoms with Gasteiger partial charge in [-0.1, -0.05) is 0 Å².